The lowest BCUT2D eigenvalue weighted by Crippen LogP contribution is -2.25. The molecule has 1 aromatic carbocycles. The zero-order chi connectivity index (χ0) is 14.5. The van der Waals surface area contributed by atoms with Gasteiger partial charge in [0.15, 0.2) is 0 Å². The molecule has 0 amide bonds. The first-order valence-electron chi connectivity index (χ1n) is 7.44. The molecular formula is C16H20N2OS2. The summed E-state index contributed by atoms with van der Waals surface area (Å²) in [4.78, 5) is 3.31. The van der Waals surface area contributed by atoms with Crippen molar-refractivity contribution in [2.75, 3.05) is 13.2 Å². The number of thioether (sulfide) groups is 1. The molecule has 1 aliphatic heterocycles. The van der Waals surface area contributed by atoms with Gasteiger partial charge >= 0.3 is 0 Å². The molecule has 1 saturated heterocycles. The van der Waals surface area contributed by atoms with E-state index in [1.54, 1.807) is 11.8 Å². The van der Waals surface area contributed by atoms with Gasteiger partial charge in [-0.15, -0.1) is 0 Å². The van der Waals surface area contributed by atoms with Crippen LogP contribution in [0.3, 0.4) is 0 Å². The number of aromatic amines is 1. The number of para-hydroxylation sites is 1. The van der Waals surface area contributed by atoms with Gasteiger partial charge in [-0.25, -0.2) is 0 Å². The Balaban J connectivity index is 1.46. The number of ether oxygens (including phenoxy) is 1. The average molecular weight is 320 g/mol. The first-order chi connectivity index (χ1) is 10.3. The van der Waals surface area contributed by atoms with Gasteiger partial charge in [0.25, 0.3) is 0 Å². The monoisotopic (exact) mass is 320 g/mol. The summed E-state index contributed by atoms with van der Waals surface area (Å²) in [6.07, 6.45) is 6.59. The molecule has 0 bridgehead atoms. The van der Waals surface area contributed by atoms with Crippen molar-refractivity contribution in [1.82, 2.24) is 10.3 Å². The molecule has 0 aliphatic carbocycles. The van der Waals surface area contributed by atoms with Crippen molar-refractivity contribution in [2.24, 2.45) is 0 Å². The number of H-pyrrole nitrogens is 1. The largest absolute Gasteiger partial charge is 0.371 e. The third kappa shape index (κ3) is 3.99. The van der Waals surface area contributed by atoms with Crippen molar-refractivity contribution in [3.8, 4) is 0 Å². The fourth-order valence-corrected chi connectivity index (χ4v) is 3.90. The van der Waals surface area contributed by atoms with Crippen molar-refractivity contribution in [3.05, 3.63) is 36.0 Å². The predicted octanol–water partition coefficient (Wildman–Crippen LogP) is 3.84. The smallest absolute Gasteiger partial charge is 0.136 e. The molecule has 112 valence electrons. The van der Waals surface area contributed by atoms with E-state index in [0.29, 0.717) is 0 Å². The maximum absolute atomic E-state index is 5.69. The third-order valence-electron chi connectivity index (χ3n) is 3.71. The molecule has 2 aromatic rings. The number of fused-ring (bicyclic) bond motifs is 1. The molecule has 5 heteroatoms. The Labute approximate surface area is 134 Å². The van der Waals surface area contributed by atoms with Crippen molar-refractivity contribution in [3.63, 3.8) is 0 Å². The minimum atomic E-state index is 0.242. The number of thiocarbonyl (C=S) groups is 1. The van der Waals surface area contributed by atoms with Crippen LogP contribution >= 0.6 is 24.0 Å². The molecule has 3 rings (SSSR count). The highest BCUT2D eigenvalue weighted by Gasteiger charge is 2.16. The molecule has 3 nitrogen and oxygen atoms in total. The maximum atomic E-state index is 5.69. The lowest BCUT2D eigenvalue weighted by molar-refractivity contribution is 0.0735. The number of nitrogens with one attached hydrogen (secondary N) is 2. The highest BCUT2D eigenvalue weighted by Crippen LogP contribution is 2.24. The topological polar surface area (TPSA) is 37.0 Å². The van der Waals surface area contributed by atoms with E-state index in [1.807, 2.05) is 0 Å². The molecular weight excluding hydrogens is 300 g/mol. The number of rotatable bonds is 4. The minimum absolute atomic E-state index is 0.242. The van der Waals surface area contributed by atoms with E-state index in [2.05, 4.69) is 40.8 Å². The SMILES string of the molecule is S=C(NCCc1c[nH]c2ccccc12)SC1CCCCO1. The fourth-order valence-electron chi connectivity index (χ4n) is 2.60. The van der Waals surface area contributed by atoms with Crippen LogP contribution in [0, 0.1) is 0 Å². The summed E-state index contributed by atoms with van der Waals surface area (Å²) in [5.74, 6) is 0. The summed E-state index contributed by atoms with van der Waals surface area (Å²) in [7, 11) is 0. The lowest BCUT2D eigenvalue weighted by Gasteiger charge is -2.22. The number of hydrogen-bond acceptors (Lipinski definition) is 3. The molecule has 1 unspecified atom stereocenters. The second kappa shape index (κ2) is 7.29. The quantitative estimate of drug-likeness (QED) is 0.839. The van der Waals surface area contributed by atoms with Crippen LogP contribution in [0.5, 0.6) is 0 Å². The summed E-state index contributed by atoms with van der Waals surface area (Å²) in [6, 6.07) is 8.39. The van der Waals surface area contributed by atoms with Gasteiger partial charge in [-0.05, 0) is 37.3 Å². The van der Waals surface area contributed by atoms with E-state index < -0.39 is 0 Å². The molecule has 1 fully saturated rings. The molecule has 1 aliphatic rings. The fraction of sp³-hybridized carbons (Fsp3) is 0.438. The van der Waals surface area contributed by atoms with E-state index in [-0.39, 0.29) is 5.44 Å². The second-order valence-electron chi connectivity index (χ2n) is 5.24. The highest BCUT2D eigenvalue weighted by molar-refractivity contribution is 8.23. The molecule has 2 heterocycles. The molecule has 0 spiro atoms. The van der Waals surface area contributed by atoms with Crippen molar-refractivity contribution in [1.29, 1.82) is 0 Å². The molecule has 21 heavy (non-hydrogen) atoms. The van der Waals surface area contributed by atoms with Gasteiger partial charge in [0, 0.05) is 30.3 Å². The number of benzene rings is 1. The van der Waals surface area contributed by atoms with Gasteiger partial charge in [0.05, 0.1) is 0 Å². The van der Waals surface area contributed by atoms with Crippen LogP contribution < -0.4 is 5.32 Å². The van der Waals surface area contributed by atoms with Crippen LogP contribution in [0.4, 0.5) is 0 Å². The van der Waals surface area contributed by atoms with Crippen LogP contribution in [0.25, 0.3) is 10.9 Å². The van der Waals surface area contributed by atoms with Gasteiger partial charge in [-0.1, -0.05) is 42.2 Å². The Bertz CT molecular complexity index is 605. The molecule has 1 atom stereocenters. The maximum Gasteiger partial charge on any atom is 0.136 e. The summed E-state index contributed by atoms with van der Waals surface area (Å²) >= 11 is 7.04. The van der Waals surface area contributed by atoms with E-state index >= 15 is 0 Å². The summed E-state index contributed by atoms with van der Waals surface area (Å²) in [6.45, 7) is 1.73. The third-order valence-corrected chi connectivity index (χ3v) is 5.14. The standard InChI is InChI=1S/C16H20N2OS2/c20-16(21-15-7-3-4-10-19-15)17-9-8-12-11-18-14-6-2-1-5-13(12)14/h1-2,5-6,11,15,18H,3-4,7-10H2,(H,17,20). The molecule has 1 aromatic heterocycles. The van der Waals surface area contributed by atoms with Gasteiger partial charge in [-0.2, -0.15) is 0 Å². The zero-order valence-corrected chi connectivity index (χ0v) is 13.6. The van der Waals surface area contributed by atoms with Gasteiger partial charge in [0.2, 0.25) is 0 Å². The van der Waals surface area contributed by atoms with Gasteiger partial charge < -0.3 is 15.0 Å². The Morgan fingerprint density at radius 1 is 1.38 bits per heavy atom. The Hall–Kier alpha value is -1.04. The first kappa shape index (κ1) is 14.9. The predicted molar refractivity (Wildman–Crippen MR) is 93.8 cm³/mol. The molecule has 0 saturated carbocycles. The van der Waals surface area contributed by atoms with Gasteiger partial charge in [0.1, 0.15) is 9.76 Å². The normalized spacial score (nSPS) is 18.8. The van der Waals surface area contributed by atoms with Crippen molar-refractivity contribution in [2.45, 2.75) is 31.1 Å². The minimum Gasteiger partial charge on any atom is -0.371 e. The lowest BCUT2D eigenvalue weighted by atomic mass is 10.1. The first-order valence-corrected chi connectivity index (χ1v) is 8.73. The highest BCUT2D eigenvalue weighted by atomic mass is 32.2. The number of aromatic nitrogens is 1. The van der Waals surface area contributed by atoms with Crippen molar-refractivity contribution >= 4 is 39.2 Å². The van der Waals surface area contributed by atoms with E-state index in [0.717, 1.165) is 30.3 Å². The molecule has 2 N–H and O–H groups in total. The summed E-state index contributed by atoms with van der Waals surface area (Å²) in [5.41, 5.74) is 2.77. The summed E-state index contributed by atoms with van der Waals surface area (Å²) in [5, 5.41) is 4.63. The zero-order valence-electron chi connectivity index (χ0n) is 11.9. The Kier molecular flexibility index (Phi) is 5.17. The van der Waals surface area contributed by atoms with E-state index in [1.165, 1.54) is 29.3 Å². The van der Waals surface area contributed by atoms with Crippen LogP contribution in [-0.2, 0) is 11.2 Å². The summed E-state index contributed by atoms with van der Waals surface area (Å²) < 4.78 is 6.54. The Morgan fingerprint density at radius 3 is 3.14 bits per heavy atom. The van der Waals surface area contributed by atoms with Crippen LogP contribution in [0.2, 0.25) is 0 Å². The van der Waals surface area contributed by atoms with E-state index in [9.17, 15) is 0 Å². The Morgan fingerprint density at radius 2 is 2.29 bits per heavy atom. The average Bonchev–Trinajstić information content (AvgIpc) is 2.92. The molecule has 0 radical (unpaired) electrons. The van der Waals surface area contributed by atoms with Crippen molar-refractivity contribution < 1.29 is 4.74 Å². The van der Waals surface area contributed by atoms with Crippen LogP contribution in [0.1, 0.15) is 24.8 Å². The second-order valence-corrected chi connectivity index (χ2v) is 7.07. The van der Waals surface area contributed by atoms with Gasteiger partial charge in [-0.3, -0.25) is 0 Å². The van der Waals surface area contributed by atoms with Crippen LogP contribution in [0.15, 0.2) is 30.5 Å². The van der Waals surface area contributed by atoms with E-state index in [4.69, 9.17) is 17.0 Å². The number of hydrogen-bond donors (Lipinski definition) is 2. The van der Waals surface area contributed by atoms with Crippen LogP contribution in [-0.4, -0.2) is 27.9 Å².